The number of fused-ring (bicyclic) bond motifs is 1. The van der Waals surface area contributed by atoms with Crippen LogP contribution in [0.3, 0.4) is 0 Å². The van der Waals surface area contributed by atoms with Gasteiger partial charge in [0.25, 0.3) is 11.3 Å². The minimum Gasteiger partial charge on any atom is -0.275 e. The first-order valence-corrected chi connectivity index (χ1v) is 5.67. The summed E-state index contributed by atoms with van der Waals surface area (Å²) >= 11 is 0. The lowest BCUT2D eigenvalue weighted by molar-refractivity contribution is 0.882. The van der Waals surface area contributed by atoms with Crippen molar-refractivity contribution in [3.05, 3.63) is 52.1 Å². The largest absolute Gasteiger partial charge is 0.275 e. The molecule has 0 spiro atoms. The molecule has 0 saturated carbocycles. The van der Waals surface area contributed by atoms with Crippen molar-refractivity contribution in [3.8, 4) is 11.3 Å². The molecule has 1 aromatic carbocycles. The van der Waals surface area contributed by atoms with Gasteiger partial charge in [-0.05, 0) is 13.8 Å². The molecule has 2 aromatic heterocycles. The number of aromatic nitrogens is 4. The first-order valence-electron chi connectivity index (χ1n) is 5.67. The van der Waals surface area contributed by atoms with Crippen LogP contribution in [0.15, 0.2) is 35.1 Å². The van der Waals surface area contributed by atoms with Crippen LogP contribution < -0.4 is 5.56 Å². The third-order valence-electron chi connectivity index (χ3n) is 2.79. The fraction of sp³-hybridized carbons (Fsp3) is 0.154. The zero-order valence-corrected chi connectivity index (χ0v) is 10.1. The number of rotatable bonds is 1. The van der Waals surface area contributed by atoms with E-state index >= 15 is 0 Å². The van der Waals surface area contributed by atoms with Gasteiger partial charge in [0.05, 0.1) is 5.69 Å². The van der Waals surface area contributed by atoms with Crippen LogP contribution in [0.2, 0.25) is 0 Å². The van der Waals surface area contributed by atoms with Gasteiger partial charge < -0.3 is 0 Å². The van der Waals surface area contributed by atoms with E-state index in [2.05, 4.69) is 15.1 Å². The maximum Gasteiger partial charge on any atom is 0.274 e. The average molecular weight is 240 g/mol. The van der Waals surface area contributed by atoms with Crippen molar-refractivity contribution in [2.45, 2.75) is 13.8 Å². The van der Waals surface area contributed by atoms with E-state index in [4.69, 9.17) is 0 Å². The Kier molecular flexibility index (Phi) is 2.26. The molecule has 0 saturated heterocycles. The molecule has 3 aromatic rings. The van der Waals surface area contributed by atoms with Gasteiger partial charge >= 0.3 is 0 Å². The molecule has 3 rings (SSSR count). The molecule has 0 radical (unpaired) electrons. The highest BCUT2D eigenvalue weighted by Gasteiger charge is 2.07. The van der Waals surface area contributed by atoms with E-state index in [0.29, 0.717) is 17.3 Å². The molecule has 0 fully saturated rings. The summed E-state index contributed by atoms with van der Waals surface area (Å²) in [4.78, 5) is 20.5. The number of aryl methyl sites for hydroxylation is 2. The van der Waals surface area contributed by atoms with Crippen molar-refractivity contribution in [1.82, 2.24) is 19.6 Å². The Labute approximate surface area is 103 Å². The van der Waals surface area contributed by atoms with Crippen LogP contribution in [0, 0.1) is 13.8 Å². The summed E-state index contributed by atoms with van der Waals surface area (Å²) in [6.45, 7) is 3.81. The van der Waals surface area contributed by atoms with E-state index in [-0.39, 0.29) is 5.56 Å². The predicted molar refractivity (Wildman–Crippen MR) is 68.5 cm³/mol. The molecule has 0 bridgehead atoms. The Morgan fingerprint density at radius 2 is 1.83 bits per heavy atom. The number of hydrogen-bond acceptors (Lipinski definition) is 3. The number of nitrogens with zero attached hydrogens (tertiary/aromatic N) is 3. The van der Waals surface area contributed by atoms with Gasteiger partial charge in [-0.2, -0.15) is 9.50 Å². The molecule has 0 aliphatic carbocycles. The second-order valence-corrected chi connectivity index (χ2v) is 4.29. The van der Waals surface area contributed by atoms with Crippen LogP contribution in [0.5, 0.6) is 0 Å². The van der Waals surface area contributed by atoms with Crippen LogP contribution in [0.25, 0.3) is 17.0 Å². The topological polar surface area (TPSA) is 63.0 Å². The fourth-order valence-corrected chi connectivity index (χ4v) is 1.86. The van der Waals surface area contributed by atoms with Gasteiger partial charge in [-0.1, -0.05) is 29.8 Å². The molecule has 0 aliphatic rings. The molecule has 0 atom stereocenters. The summed E-state index contributed by atoms with van der Waals surface area (Å²) in [6.07, 6.45) is 0. The molecule has 5 nitrogen and oxygen atoms in total. The number of benzene rings is 1. The molecule has 2 heterocycles. The molecule has 0 unspecified atom stereocenters. The van der Waals surface area contributed by atoms with E-state index in [1.54, 1.807) is 6.92 Å². The summed E-state index contributed by atoms with van der Waals surface area (Å²) in [5.74, 6) is 1.07. The maximum atomic E-state index is 11.9. The maximum absolute atomic E-state index is 11.9. The normalized spacial score (nSPS) is 11.0. The summed E-state index contributed by atoms with van der Waals surface area (Å²) in [5.41, 5.74) is 2.58. The van der Waals surface area contributed by atoms with Gasteiger partial charge in [0, 0.05) is 11.6 Å². The quantitative estimate of drug-likeness (QED) is 0.704. The first kappa shape index (κ1) is 10.7. The number of hydrogen-bond donors (Lipinski definition) is 1. The third kappa shape index (κ3) is 1.69. The van der Waals surface area contributed by atoms with Crippen LogP contribution in [-0.4, -0.2) is 19.6 Å². The highest BCUT2D eigenvalue weighted by molar-refractivity contribution is 5.60. The predicted octanol–water partition coefficient (Wildman–Crippen LogP) is 1.70. The zero-order valence-electron chi connectivity index (χ0n) is 10.1. The van der Waals surface area contributed by atoms with Crippen molar-refractivity contribution < 1.29 is 0 Å². The van der Waals surface area contributed by atoms with E-state index in [1.807, 2.05) is 31.2 Å². The molecule has 18 heavy (non-hydrogen) atoms. The number of aromatic amines is 1. The molecule has 0 amide bonds. The summed E-state index contributed by atoms with van der Waals surface area (Å²) < 4.78 is 1.34. The van der Waals surface area contributed by atoms with Gasteiger partial charge in [-0.15, -0.1) is 0 Å². The molecule has 1 N–H and O–H groups in total. The lowest BCUT2D eigenvalue weighted by Gasteiger charge is -2.00. The van der Waals surface area contributed by atoms with Crippen LogP contribution in [0.4, 0.5) is 0 Å². The molecule has 0 aliphatic heterocycles. The second kappa shape index (κ2) is 3.80. The van der Waals surface area contributed by atoms with Gasteiger partial charge in [-0.25, -0.2) is 4.98 Å². The number of H-pyrrole nitrogens is 1. The summed E-state index contributed by atoms with van der Waals surface area (Å²) in [7, 11) is 0. The van der Waals surface area contributed by atoms with Crippen molar-refractivity contribution in [3.63, 3.8) is 0 Å². The van der Waals surface area contributed by atoms with E-state index in [1.165, 1.54) is 16.1 Å². The lowest BCUT2D eigenvalue weighted by Crippen LogP contribution is -2.14. The minimum atomic E-state index is -0.156. The first-order chi connectivity index (χ1) is 8.63. The Morgan fingerprint density at radius 3 is 2.56 bits per heavy atom. The Bertz CT molecular complexity index is 768. The van der Waals surface area contributed by atoms with Crippen molar-refractivity contribution in [2.24, 2.45) is 0 Å². The van der Waals surface area contributed by atoms with E-state index in [9.17, 15) is 4.79 Å². The van der Waals surface area contributed by atoms with Gasteiger partial charge in [-0.3, -0.25) is 9.89 Å². The fourth-order valence-electron chi connectivity index (χ4n) is 1.86. The Balaban J connectivity index is 2.24. The van der Waals surface area contributed by atoms with E-state index in [0.717, 1.165) is 5.56 Å². The summed E-state index contributed by atoms with van der Waals surface area (Å²) in [5, 5.41) is 2.85. The van der Waals surface area contributed by atoms with Crippen LogP contribution >= 0.6 is 0 Å². The van der Waals surface area contributed by atoms with Crippen molar-refractivity contribution >= 4 is 5.78 Å². The van der Waals surface area contributed by atoms with Crippen molar-refractivity contribution in [1.29, 1.82) is 0 Å². The van der Waals surface area contributed by atoms with Crippen LogP contribution in [0.1, 0.15) is 11.4 Å². The van der Waals surface area contributed by atoms with E-state index < -0.39 is 0 Å². The lowest BCUT2D eigenvalue weighted by atomic mass is 10.1. The molecular formula is C13H12N4O. The van der Waals surface area contributed by atoms with Gasteiger partial charge in [0.2, 0.25) is 0 Å². The SMILES string of the molecule is Cc1ccc(-c2cc(=O)n3[nH]c(C)nc3n2)cc1. The summed E-state index contributed by atoms with van der Waals surface area (Å²) in [6, 6.07) is 9.40. The standard InChI is InChI=1S/C13H12N4O/c1-8-3-5-10(6-4-8)11-7-12(18)17-13(15-11)14-9(2)16-17/h3-7H,1-2H3,(H,14,15,16). The zero-order chi connectivity index (χ0) is 12.7. The van der Waals surface area contributed by atoms with Gasteiger partial charge in [0.1, 0.15) is 5.82 Å². The third-order valence-corrected chi connectivity index (χ3v) is 2.79. The number of nitrogens with one attached hydrogen (secondary N) is 1. The Hall–Kier alpha value is -2.43. The minimum absolute atomic E-state index is 0.156. The van der Waals surface area contributed by atoms with Crippen LogP contribution in [-0.2, 0) is 0 Å². The molecule has 5 heteroatoms. The van der Waals surface area contributed by atoms with Gasteiger partial charge in [0.15, 0.2) is 0 Å². The second-order valence-electron chi connectivity index (χ2n) is 4.29. The smallest absolute Gasteiger partial charge is 0.274 e. The van der Waals surface area contributed by atoms with Crippen molar-refractivity contribution in [2.75, 3.05) is 0 Å². The molecule has 90 valence electrons. The highest BCUT2D eigenvalue weighted by Crippen LogP contribution is 2.16. The molecular weight excluding hydrogens is 228 g/mol. The Morgan fingerprint density at radius 1 is 1.11 bits per heavy atom. The monoisotopic (exact) mass is 240 g/mol. The highest BCUT2D eigenvalue weighted by atomic mass is 16.1. The average Bonchev–Trinajstić information content (AvgIpc) is 2.71.